The van der Waals surface area contributed by atoms with Crippen LogP contribution in [0.4, 0.5) is 8.78 Å². The van der Waals surface area contributed by atoms with E-state index in [2.05, 4.69) is 10.6 Å². The summed E-state index contributed by atoms with van der Waals surface area (Å²) in [5, 5.41) is 33.4. The van der Waals surface area contributed by atoms with Gasteiger partial charge in [0.1, 0.15) is 34.7 Å². The van der Waals surface area contributed by atoms with Crippen molar-refractivity contribution in [2.45, 2.75) is 91.3 Å². The molecule has 2 aliphatic heterocycles. The molecular weight excluding hydrogens is 943 g/mol. The van der Waals surface area contributed by atoms with Crippen LogP contribution in [-0.2, 0) is 14.3 Å². The van der Waals surface area contributed by atoms with E-state index in [0.29, 0.717) is 61.4 Å². The minimum absolute atomic E-state index is 0.0374. The molecule has 4 aromatic carbocycles. The molecule has 13 heteroatoms. The van der Waals surface area contributed by atoms with Crippen LogP contribution < -0.4 is 20.1 Å². The third-order valence-electron chi connectivity index (χ3n) is 16.0. The molecule has 2 heterocycles. The molecule has 4 aromatic rings. The molecule has 11 nitrogen and oxygen atoms in total. The highest BCUT2D eigenvalue weighted by molar-refractivity contribution is 6.19. The zero-order valence-corrected chi connectivity index (χ0v) is 44.3. The number of allylic oxidation sites excluding steroid dienone is 4. The molecule has 0 bridgehead atoms. The van der Waals surface area contributed by atoms with Gasteiger partial charge in [-0.2, -0.15) is 0 Å². The third-order valence-corrected chi connectivity index (χ3v) is 16.0. The van der Waals surface area contributed by atoms with Crippen LogP contribution in [0.15, 0.2) is 119 Å². The number of piperidine rings is 2. The molecular formula is C61H70F2N2O9. The second kappa shape index (κ2) is 21.2. The second-order valence-electron chi connectivity index (χ2n) is 21.3. The zero-order valence-electron chi connectivity index (χ0n) is 44.3. The Morgan fingerprint density at radius 3 is 1.28 bits per heavy atom. The summed E-state index contributed by atoms with van der Waals surface area (Å²) >= 11 is 0. The molecule has 2 unspecified atom stereocenters. The van der Waals surface area contributed by atoms with E-state index in [0.717, 1.165) is 0 Å². The first-order valence-corrected chi connectivity index (χ1v) is 25.6. The van der Waals surface area contributed by atoms with E-state index in [1.54, 1.807) is 114 Å². The van der Waals surface area contributed by atoms with E-state index in [1.165, 1.54) is 40.6 Å². The van der Waals surface area contributed by atoms with Crippen LogP contribution in [0, 0.1) is 48.1 Å². The summed E-state index contributed by atoms with van der Waals surface area (Å²) in [6.45, 7) is 11.4. The summed E-state index contributed by atoms with van der Waals surface area (Å²) in [6, 6.07) is 22.6. The van der Waals surface area contributed by atoms with Gasteiger partial charge in [-0.05, 0) is 177 Å². The molecule has 392 valence electrons. The van der Waals surface area contributed by atoms with Crippen molar-refractivity contribution in [2.75, 3.05) is 54.6 Å². The maximum absolute atomic E-state index is 18.3. The molecule has 0 saturated carbocycles. The molecule has 2 saturated heterocycles. The molecule has 4 atom stereocenters. The monoisotopic (exact) mass is 1010 g/mol. The Labute approximate surface area is 433 Å². The number of benzene rings is 4. The Hall–Kier alpha value is -6.25. The lowest BCUT2D eigenvalue weighted by atomic mass is 9.45. The number of nitrogens with one attached hydrogen (secondary N) is 2. The molecule has 0 aromatic heterocycles. The summed E-state index contributed by atoms with van der Waals surface area (Å²) in [5.41, 5.74) is -4.78. The minimum atomic E-state index is -1.88. The molecule has 4 N–H and O–H groups in total. The lowest BCUT2D eigenvalue weighted by Crippen LogP contribution is -2.63. The predicted molar refractivity (Wildman–Crippen MR) is 282 cm³/mol. The number of carbonyl (C=O) groups is 3. The van der Waals surface area contributed by atoms with Gasteiger partial charge in [-0.15, -0.1) is 0 Å². The van der Waals surface area contributed by atoms with E-state index in [9.17, 15) is 10.2 Å². The number of halogens is 2. The van der Waals surface area contributed by atoms with Crippen LogP contribution >= 0.6 is 0 Å². The molecule has 0 radical (unpaired) electrons. The van der Waals surface area contributed by atoms with Gasteiger partial charge in [0.05, 0.1) is 50.5 Å². The van der Waals surface area contributed by atoms with Gasteiger partial charge >= 0.3 is 0 Å². The highest BCUT2D eigenvalue weighted by atomic mass is 19.1. The Morgan fingerprint density at radius 2 is 0.959 bits per heavy atom. The van der Waals surface area contributed by atoms with Gasteiger partial charge in [0.25, 0.3) is 0 Å². The second-order valence-corrected chi connectivity index (χ2v) is 21.3. The van der Waals surface area contributed by atoms with Crippen molar-refractivity contribution in [2.24, 2.45) is 22.7 Å². The van der Waals surface area contributed by atoms with Crippen molar-refractivity contribution in [1.29, 1.82) is 0 Å². The van der Waals surface area contributed by atoms with Gasteiger partial charge in [0, 0.05) is 44.6 Å². The number of ketones is 3. The minimum Gasteiger partial charge on any atom is -0.497 e. The van der Waals surface area contributed by atoms with Gasteiger partial charge in [-0.25, -0.2) is 8.78 Å². The van der Waals surface area contributed by atoms with Crippen LogP contribution in [0.25, 0.3) is 11.1 Å². The average molecular weight is 1010 g/mol. The summed E-state index contributed by atoms with van der Waals surface area (Å²) < 4.78 is 56.4. The predicted octanol–water partition coefficient (Wildman–Crippen LogP) is 10.3. The number of hydrogen-bond donors (Lipinski definition) is 4. The topological polar surface area (TPSA) is 153 Å². The standard InChI is InChI=1S/C61H70F2N2O9/c1-35-43(23-13-25-47(35)62)49-45(51(66)37-17-11-21-41(29-37)71-7)31-60(39-19-15-27-64-33-39,55(53(49)73-9)58(3,4)69)57(68)61(40-20-16-28-65-34-40)32-46(52(67)38-18-12-22-42(30-38)72-8)50(44-24-14-26-48(63)36(44)2)54(74-10)56(61)59(5,6)70/h11-14,17-18,21-26,29-30,39-40,64-65,69-70H,15-16,19-20,27-28,31-34H2,1-10H3/t39?,40?,60-,61-/m0/s1. The normalized spacial score (nSPS) is 22.9. The van der Waals surface area contributed by atoms with Gasteiger partial charge in [-0.1, -0.05) is 48.5 Å². The fraction of sp³-hybridized carbons (Fsp3) is 0.426. The van der Waals surface area contributed by atoms with E-state index in [-0.39, 0.29) is 93.1 Å². The van der Waals surface area contributed by atoms with Crippen LogP contribution in [0.1, 0.15) is 109 Å². The maximum atomic E-state index is 18.3. The molecule has 8 rings (SSSR count). The fourth-order valence-electron chi connectivity index (χ4n) is 12.9. The molecule has 2 aliphatic carbocycles. The van der Waals surface area contributed by atoms with Gasteiger partial charge in [0.15, 0.2) is 17.3 Å². The largest absolute Gasteiger partial charge is 0.497 e. The summed E-state index contributed by atoms with van der Waals surface area (Å²) in [5.74, 6) is -2.85. The lowest BCUT2D eigenvalue weighted by Gasteiger charge is -2.57. The van der Waals surface area contributed by atoms with E-state index in [1.807, 2.05) is 0 Å². The number of ether oxygens (including phenoxy) is 4. The highest BCUT2D eigenvalue weighted by Crippen LogP contribution is 2.65. The zero-order chi connectivity index (χ0) is 53.5. The Kier molecular flexibility index (Phi) is 15.5. The SMILES string of the molecule is COC1=C(C(C)(C)O)[C@@](C(=O)[C@]2(C3CCCNC3)CC(C(=O)c3cccc(OC)c3)=C(c3cccc(F)c3C)C(OC)=C2C(C)(C)O)(C2CCCNC2)CC(C(=O)c2cccc(OC)c2)=C1c1cccc(F)c1C. The Balaban J connectivity index is 1.57. The molecule has 74 heavy (non-hydrogen) atoms. The molecule has 0 amide bonds. The number of aliphatic hydroxyl groups is 2. The number of rotatable bonds is 16. The van der Waals surface area contributed by atoms with Crippen LogP contribution in [0.5, 0.6) is 11.5 Å². The van der Waals surface area contributed by atoms with Gasteiger partial charge < -0.3 is 39.8 Å². The fourth-order valence-corrected chi connectivity index (χ4v) is 12.9. The van der Waals surface area contributed by atoms with E-state index < -0.39 is 62.9 Å². The quantitative estimate of drug-likeness (QED) is 0.0794. The van der Waals surface area contributed by atoms with Crippen molar-refractivity contribution in [3.8, 4) is 11.5 Å². The highest BCUT2D eigenvalue weighted by Gasteiger charge is 2.67. The Bertz CT molecular complexity index is 2800. The maximum Gasteiger partial charge on any atom is 0.189 e. The van der Waals surface area contributed by atoms with Gasteiger partial charge in [-0.3, -0.25) is 14.4 Å². The van der Waals surface area contributed by atoms with Crippen molar-refractivity contribution < 1.29 is 52.3 Å². The number of methoxy groups -OCH3 is 4. The molecule has 0 spiro atoms. The summed E-state index contributed by atoms with van der Waals surface area (Å²) in [4.78, 5) is 50.1. The van der Waals surface area contributed by atoms with Crippen molar-refractivity contribution in [3.63, 3.8) is 0 Å². The summed E-state index contributed by atoms with van der Waals surface area (Å²) in [7, 11) is 5.86. The number of carbonyl (C=O) groups excluding carboxylic acids is 3. The Morgan fingerprint density at radius 1 is 0.581 bits per heavy atom. The first-order valence-electron chi connectivity index (χ1n) is 25.6. The van der Waals surface area contributed by atoms with E-state index >= 15 is 23.2 Å². The average Bonchev–Trinajstić information content (AvgIpc) is 3.40. The van der Waals surface area contributed by atoms with Crippen LogP contribution in [0.3, 0.4) is 0 Å². The van der Waals surface area contributed by atoms with E-state index in [4.69, 9.17) is 18.9 Å². The summed E-state index contributed by atoms with van der Waals surface area (Å²) in [6.07, 6.45) is 1.57. The molecule has 2 fully saturated rings. The van der Waals surface area contributed by atoms with Crippen LogP contribution in [-0.4, -0.2) is 93.4 Å². The van der Waals surface area contributed by atoms with Crippen molar-refractivity contribution >= 4 is 28.5 Å². The third kappa shape index (κ3) is 9.35. The van der Waals surface area contributed by atoms with Crippen molar-refractivity contribution in [1.82, 2.24) is 10.6 Å². The van der Waals surface area contributed by atoms with Gasteiger partial charge in [0.2, 0.25) is 0 Å². The molecule has 4 aliphatic rings. The van der Waals surface area contributed by atoms with Crippen LogP contribution in [0.2, 0.25) is 0 Å². The first-order chi connectivity index (χ1) is 35.2. The number of Topliss-reactive ketones (excluding diaryl/α,β-unsaturated/α-hetero) is 3. The van der Waals surface area contributed by atoms with Crippen molar-refractivity contribution in [3.05, 3.63) is 164 Å². The number of hydrogen-bond acceptors (Lipinski definition) is 11. The first kappa shape index (κ1) is 54.0. The lowest BCUT2D eigenvalue weighted by molar-refractivity contribution is -0.146. The smallest absolute Gasteiger partial charge is 0.189 e.